The van der Waals surface area contributed by atoms with E-state index in [0.717, 1.165) is 28.5 Å². The van der Waals surface area contributed by atoms with Crippen molar-refractivity contribution in [2.45, 2.75) is 13.1 Å². The molecule has 10 heteroatoms. The van der Waals surface area contributed by atoms with Crippen molar-refractivity contribution in [1.29, 1.82) is 0 Å². The lowest BCUT2D eigenvalue weighted by Crippen LogP contribution is -2.27. The molecule has 0 atom stereocenters. The van der Waals surface area contributed by atoms with Crippen LogP contribution in [0.15, 0.2) is 67.0 Å². The van der Waals surface area contributed by atoms with E-state index in [1.54, 1.807) is 24.4 Å². The number of imidazole rings is 1. The van der Waals surface area contributed by atoms with Gasteiger partial charge in [0, 0.05) is 35.7 Å². The minimum atomic E-state index is -4.69. The van der Waals surface area contributed by atoms with E-state index in [0.29, 0.717) is 0 Å². The maximum atomic E-state index is 13.6. The number of rotatable bonds is 6. The summed E-state index contributed by atoms with van der Waals surface area (Å²) in [7, 11) is 1.39. The summed E-state index contributed by atoms with van der Waals surface area (Å²) in [6.45, 7) is 1.58. The first-order valence-electron chi connectivity index (χ1n) is 10.7. The number of pyridine rings is 1. The molecule has 0 aliphatic heterocycles. The predicted octanol–water partition coefficient (Wildman–Crippen LogP) is 4.74. The first-order chi connectivity index (χ1) is 16.7. The number of carbonyl (C=O) groups excluding carboxylic acids is 2. The van der Waals surface area contributed by atoms with Gasteiger partial charge in [0.25, 0.3) is 5.91 Å². The molecule has 0 saturated heterocycles. The highest BCUT2D eigenvalue weighted by molar-refractivity contribution is 6.05. The van der Waals surface area contributed by atoms with Gasteiger partial charge in [-0.2, -0.15) is 13.2 Å². The molecule has 180 valence electrons. The normalized spacial score (nSPS) is 11.3. The van der Waals surface area contributed by atoms with Crippen molar-refractivity contribution in [3.05, 3.63) is 83.7 Å². The van der Waals surface area contributed by atoms with Gasteiger partial charge in [-0.05, 0) is 55.0 Å². The number of hydrogen-bond donors (Lipinski definition) is 3. The van der Waals surface area contributed by atoms with E-state index < -0.39 is 23.6 Å². The zero-order valence-corrected chi connectivity index (χ0v) is 18.9. The molecule has 4 aromatic rings. The van der Waals surface area contributed by atoms with Gasteiger partial charge in [-0.25, -0.2) is 4.98 Å². The fourth-order valence-corrected chi connectivity index (χ4v) is 3.65. The van der Waals surface area contributed by atoms with Gasteiger partial charge in [-0.15, -0.1) is 0 Å². The molecule has 2 aromatic carbocycles. The Balaban J connectivity index is 1.61. The van der Waals surface area contributed by atoms with Gasteiger partial charge >= 0.3 is 6.18 Å². The second-order valence-corrected chi connectivity index (χ2v) is 7.84. The Morgan fingerprint density at radius 3 is 2.60 bits per heavy atom. The highest BCUT2D eigenvalue weighted by Crippen LogP contribution is 2.36. The average molecular weight is 481 g/mol. The zero-order chi connectivity index (χ0) is 25.2. The molecular weight excluding hydrogens is 459 g/mol. The molecule has 3 N–H and O–H groups in total. The van der Waals surface area contributed by atoms with Crippen LogP contribution in [0.3, 0.4) is 0 Å². The molecule has 0 aliphatic carbocycles. The van der Waals surface area contributed by atoms with Crippen LogP contribution in [-0.2, 0) is 11.0 Å². The van der Waals surface area contributed by atoms with Gasteiger partial charge in [0.2, 0.25) is 5.91 Å². The monoisotopic (exact) mass is 481 g/mol. The Morgan fingerprint density at radius 1 is 1.06 bits per heavy atom. The topological polar surface area (TPSA) is 87.5 Å². The number of nitrogens with one attached hydrogen (secondary N) is 3. The van der Waals surface area contributed by atoms with Crippen LogP contribution in [0.25, 0.3) is 16.9 Å². The lowest BCUT2D eigenvalue weighted by Gasteiger charge is -2.16. The van der Waals surface area contributed by atoms with Crippen LogP contribution in [0, 0.1) is 6.92 Å². The van der Waals surface area contributed by atoms with Crippen molar-refractivity contribution >= 4 is 28.8 Å². The van der Waals surface area contributed by atoms with Gasteiger partial charge in [0.1, 0.15) is 5.65 Å². The first-order valence-corrected chi connectivity index (χ1v) is 10.7. The summed E-state index contributed by atoms with van der Waals surface area (Å²) >= 11 is 0. The molecule has 0 fully saturated rings. The summed E-state index contributed by atoms with van der Waals surface area (Å²) in [5.41, 5.74) is 2.25. The van der Waals surface area contributed by atoms with Crippen LogP contribution in [0.2, 0.25) is 0 Å². The maximum Gasteiger partial charge on any atom is 0.418 e. The van der Waals surface area contributed by atoms with Crippen molar-refractivity contribution in [2.24, 2.45) is 0 Å². The minimum Gasteiger partial charge on any atom is -0.376 e. The number of halogens is 3. The SMILES string of the molecule is CNC(=O)CNc1ccc(NC(=O)c2ccc(C)c(-c3cnc4ccccn34)c2)cc1C(F)(F)F. The van der Waals surface area contributed by atoms with Crippen molar-refractivity contribution < 1.29 is 22.8 Å². The minimum absolute atomic E-state index is 0.0234. The number of alkyl halides is 3. The predicted molar refractivity (Wildman–Crippen MR) is 127 cm³/mol. The lowest BCUT2D eigenvalue weighted by molar-refractivity contribution is -0.137. The number of fused-ring (bicyclic) bond motifs is 1. The maximum absolute atomic E-state index is 13.6. The van der Waals surface area contributed by atoms with Crippen LogP contribution in [0.5, 0.6) is 0 Å². The first kappa shape index (κ1) is 23.8. The third-order valence-corrected chi connectivity index (χ3v) is 5.49. The summed E-state index contributed by atoms with van der Waals surface area (Å²) in [6, 6.07) is 14.0. The number of benzene rings is 2. The summed E-state index contributed by atoms with van der Waals surface area (Å²) in [4.78, 5) is 28.7. The molecule has 0 radical (unpaired) electrons. The molecule has 0 bridgehead atoms. The molecule has 0 saturated carbocycles. The molecule has 7 nitrogen and oxygen atoms in total. The van der Waals surface area contributed by atoms with Gasteiger partial charge in [-0.3, -0.25) is 14.0 Å². The van der Waals surface area contributed by atoms with Crippen LogP contribution in [0.4, 0.5) is 24.5 Å². The summed E-state index contributed by atoms with van der Waals surface area (Å²) in [6.07, 6.45) is -1.12. The van der Waals surface area contributed by atoms with Gasteiger partial charge in [0.05, 0.1) is 24.0 Å². The number of likely N-dealkylation sites (N-methyl/N-ethyl adjacent to an activating group) is 1. The van der Waals surface area contributed by atoms with E-state index in [4.69, 9.17) is 0 Å². The van der Waals surface area contributed by atoms with Crippen LogP contribution in [-0.4, -0.2) is 34.8 Å². The molecular formula is C25H22F3N5O2. The second-order valence-electron chi connectivity index (χ2n) is 7.84. The fraction of sp³-hybridized carbons (Fsp3) is 0.160. The van der Waals surface area contributed by atoms with Crippen LogP contribution >= 0.6 is 0 Å². The molecule has 0 spiro atoms. The van der Waals surface area contributed by atoms with E-state index >= 15 is 0 Å². The Kier molecular flexibility index (Phi) is 6.46. The number of nitrogens with zero attached hydrogens (tertiary/aromatic N) is 2. The van der Waals surface area contributed by atoms with Gasteiger partial charge < -0.3 is 16.0 Å². The average Bonchev–Trinajstić information content (AvgIpc) is 3.26. The Hall–Kier alpha value is -4.34. The summed E-state index contributed by atoms with van der Waals surface area (Å²) in [5.74, 6) is -1.02. The molecule has 2 heterocycles. The second kappa shape index (κ2) is 9.49. The fourth-order valence-electron chi connectivity index (χ4n) is 3.65. The molecule has 4 rings (SSSR count). The Morgan fingerprint density at radius 2 is 1.86 bits per heavy atom. The standard InChI is InChI=1S/C25H22F3N5O2/c1-15-6-7-16(11-18(15)21-13-31-22-5-3-4-10-33(21)22)24(35)32-17-8-9-20(30-14-23(34)29-2)19(12-17)25(26,27)28/h3-13,30H,14H2,1-2H3,(H,29,34)(H,32,35). The molecule has 2 aromatic heterocycles. The van der Waals surface area contributed by atoms with Crippen molar-refractivity contribution in [1.82, 2.24) is 14.7 Å². The molecule has 0 aliphatic rings. The zero-order valence-electron chi connectivity index (χ0n) is 18.9. The number of aryl methyl sites for hydroxylation is 1. The van der Waals surface area contributed by atoms with E-state index in [2.05, 4.69) is 20.9 Å². The third kappa shape index (κ3) is 5.11. The summed E-state index contributed by atoms with van der Waals surface area (Å²) < 4.78 is 42.7. The molecule has 0 unspecified atom stereocenters. The van der Waals surface area contributed by atoms with E-state index in [-0.39, 0.29) is 23.5 Å². The van der Waals surface area contributed by atoms with E-state index in [1.807, 2.05) is 35.7 Å². The highest BCUT2D eigenvalue weighted by atomic mass is 19.4. The van der Waals surface area contributed by atoms with Gasteiger partial charge in [-0.1, -0.05) is 12.1 Å². The van der Waals surface area contributed by atoms with Crippen molar-refractivity contribution in [3.8, 4) is 11.3 Å². The Bertz CT molecular complexity index is 1410. The van der Waals surface area contributed by atoms with E-state index in [1.165, 1.54) is 19.2 Å². The highest BCUT2D eigenvalue weighted by Gasteiger charge is 2.34. The molecule has 2 amide bonds. The van der Waals surface area contributed by atoms with E-state index in [9.17, 15) is 22.8 Å². The van der Waals surface area contributed by atoms with Crippen molar-refractivity contribution in [3.63, 3.8) is 0 Å². The largest absolute Gasteiger partial charge is 0.418 e. The number of anilines is 2. The lowest BCUT2D eigenvalue weighted by atomic mass is 10.0. The number of carbonyl (C=O) groups is 2. The number of amides is 2. The van der Waals surface area contributed by atoms with Gasteiger partial charge in [0.15, 0.2) is 0 Å². The smallest absolute Gasteiger partial charge is 0.376 e. The van der Waals surface area contributed by atoms with Crippen molar-refractivity contribution in [2.75, 3.05) is 24.2 Å². The summed E-state index contributed by atoms with van der Waals surface area (Å²) in [5, 5.41) is 7.34. The number of hydrogen-bond acceptors (Lipinski definition) is 4. The van der Waals surface area contributed by atoms with Crippen LogP contribution < -0.4 is 16.0 Å². The third-order valence-electron chi connectivity index (χ3n) is 5.49. The van der Waals surface area contributed by atoms with Crippen LogP contribution in [0.1, 0.15) is 21.5 Å². The molecule has 35 heavy (non-hydrogen) atoms. The Labute approximate surface area is 199 Å². The quantitative estimate of drug-likeness (QED) is 0.371. The number of aromatic nitrogens is 2.